The quantitative estimate of drug-likeness (QED) is 0.406. The van der Waals surface area contributed by atoms with Gasteiger partial charge in [-0.1, -0.05) is 0 Å². The molecule has 0 aromatic rings. The van der Waals surface area contributed by atoms with Gasteiger partial charge in [-0.2, -0.15) is 0 Å². The van der Waals surface area contributed by atoms with Gasteiger partial charge in [0.2, 0.25) is 0 Å². The van der Waals surface area contributed by atoms with Crippen molar-refractivity contribution in [2.45, 2.75) is 0 Å². The van der Waals surface area contributed by atoms with Crippen molar-refractivity contribution in [3.8, 4) is 0 Å². The predicted molar refractivity (Wildman–Crippen MR) is 17.3 cm³/mol. The fraction of sp³-hybridized carbons (Fsp3) is 0. The Morgan fingerprint density at radius 1 is 0.600 bits per heavy atom. The van der Waals surface area contributed by atoms with Gasteiger partial charge in [-0.05, 0) is 0 Å². The molecule has 0 radical (unpaired) electrons. The molecule has 0 aliphatic carbocycles. The van der Waals surface area contributed by atoms with Gasteiger partial charge in [-0.15, -0.1) is 0 Å². The van der Waals surface area contributed by atoms with Gasteiger partial charge in [0.15, 0.2) is 0 Å². The zero-order valence-electron chi connectivity index (χ0n) is 4.44. The van der Waals surface area contributed by atoms with Crippen molar-refractivity contribution in [3.63, 3.8) is 0 Å². The maximum Gasteiger partial charge on any atom is 3.00 e. The Bertz CT molecular complexity index is 31.2. The van der Waals surface area contributed by atoms with Crippen molar-refractivity contribution in [1.29, 1.82) is 0 Å². The van der Waals surface area contributed by atoms with Crippen molar-refractivity contribution in [2.24, 2.45) is 0 Å². The van der Waals surface area contributed by atoms with Crippen molar-refractivity contribution >= 4 is 32.0 Å². The van der Waals surface area contributed by atoms with Crippen LogP contribution in [0.2, 0.25) is 0 Å². The third kappa shape index (κ3) is 264. The molecule has 0 bridgehead atoms. The van der Waals surface area contributed by atoms with E-state index < -0.39 is 14.6 Å². The Kier molecular flexibility index (Phi) is 38.3. The van der Waals surface area contributed by atoms with Crippen LogP contribution in [0.25, 0.3) is 0 Å². The van der Waals surface area contributed by atoms with Crippen LogP contribution in [0.3, 0.4) is 0 Å². The van der Waals surface area contributed by atoms with Gasteiger partial charge >= 0.3 is 54.2 Å². The first-order chi connectivity index (χ1) is 3.46. The molecule has 60 valence electrons. The van der Waals surface area contributed by atoms with Crippen molar-refractivity contribution in [1.82, 2.24) is 0 Å². The fourth-order valence-electron chi connectivity index (χ4n) is 0. The van der Waals surface area contributed by atoms with Crippen LogP contribution in [-0.2, 0) is 0 Å². The summed E-state index contributed by atoms with van der Waals surface area (Å²) in [6.45, 7) is 0. The molecule has 0 fully saturated rings. The van der Waals surface area contributed by atoms with Gasteiger partial charge in [-0.25, -0.2) is 0 Å². The van der Waals surface area contributed by atoms with Crippen LogP contribution in [0, 0.1) is 36.9 Å². The summed E-state index contributed by atoms with van der Waals surface area (Å²) in [5.41, 5.74) is 0. The first kappa shape index (κ1) is 22.6. The summed E-state index contributed by atoms with van der Waals surface area (Å²) in [4.78, 5) is 0. The molecule has 0 amide bonds. The fourth-order valence-corrected chi connectivity index (χ4v) is 0. The summed E-state index contributed by atoms with van der Waals surface area (Å²) in [6.07, 6.45) is 0. The smallest absolute Gasteiger partial charge is 0.907 e. The molecule has 0 unspecified atom stereocenters. The van der Waals surface area contributed by atoms with Gasteiger partial charge in [0, 0.05) is 0 Å². The molecular formula is AlB2LuO6. The average Bonchev–Trinajstić information content (AvgIpc) is 1.25. The van der Waals surface area contributed by atoms with Crippen LogP contribution >= 0.6 is 0 Å². The third-order valence-electron chi connectivity index (χ3n) is 0. The van der Waals surface area contributed by atoms with Gasteiger partial charge < -0.3 is 30.1 Å². The zero-order chi connectivity index (χ0) is 7.15. The molecule has 10 heteroatoms. The van der Waals surface area contributed by atoms with E-state index in [0.717, 1.165) is 0 Å². The first-order valence-electron chi connectivity index (χ1n) is 1.41. The minimum atomic E-state index is -2.92. The standard InChI is InChI=1S/Al.2BO3.Lu/c;2*2-1(3)4;/q+3;2*-3;+3. The van der Waals surface area contributed by atoms with E-state index in [0.29, 0.717) is 0 Å². The van der Waals surface area contributed by atoms with Crippen molar-refractivity contribution in [3.05, 3.63) is 0 Å². The summed E-state index contributed by atoms with van der Waals surface area (Å²) in [7, 11) is -5.83. The van der Waals surface area contributed by atoms with E-state index in [1.807, 2.05) is 0 Å². The van der Waals surface area contributed by atoms with E-state index in [-0.39, 0.29) is 54.2 Å². The van der Waals surface area contributed by atoms with Crippen LogP contribution < -0.4 is 30.1 Å². The molecule has 0 saturated carbocycles. The second-order valence-electron chi connectivity index (χ2n) is 0.577. The SMILES string of the molecule is [Al+3].[Lu+3].[O-]B([O-])[O-].[O-]B([O-])[O-]. The summed E-state index contributed by atoms with van der Waals surface area (Å²) in [5.74, 6) is 0. The summed E-state index contributed by atoms with van der Waals surface area (Å²) < 4.78 is 0. The van der Waals surface area contributed by atoms with Crippen LogP contribution in [0.1, 0.15) is 0 Å². The molecule has 6 nitrogen and oxygen atoms in total. The maximum absolute atomic E-state index is 8.42. The Morgan fingerprint density at radius 3 is 0.600 bits per heavy atom. The molecule has 0 aromatic heterocycles. The van der Waals surface area contributed by atoms with Gasteiger partial charge in [0.05, 0.1) is 0 Å². The molecule has 0 aliphatic rings. The van der Waals surface area contributed by atoms with Crippen LogP contribution in [0.15, 0.2) is 0 Å². The normalized spacial score (nSPS) is 5.40. The first-order valence-corrected chi connectivity index (χ1v) is 1.41. The molecule has 0 rings (SSSR count). The van der Waals surface area contributed by atoms with E-state index >= 15 is 0 Å². The predicted octanol–water partition coefficient (Wildman–Crippen LogP) is -8.28. The van der Waals surface area contributed by atoms with E-state index in [9.17, 15) is 0 Å². The number of hydrogen-bond acceptors (Lipinski definition) is 6. The molecular weight excluding hydrogens is 320 g/mol. The monoisotopic (exact) mass is 320 g/mol. The molecule has 0 spiro atoms. The van der Waals surface area contributed by atoms with Crippen LogP contribution in [0.4, 0.5) is 0 Å². The Balaban J connectivity index is -0.0000000300. The Labute approximate surface area is 98.2 Å². The van der Waals surface area contributed by atoms with Crippen LogP contribution in [0.5, 0.6) is 0 Å². The van der Waals surface area contributed by atoms with E-state index in [1.54, 1.807) is 0 Å². The second kappa shape index (κ2) is 17.0. The van der Waals surface area contributed by atoms with Gasteiger partial charge in [0.1, 0.15) is 0 Å². The third-order valence-corrected chi connectivity index (χ3v) is 0. The van der Waals surface area contributed by atoms with Gasteiger partial charge in [-0.3, -0.25) is 14.6 Å². The van der Waals surface area contributed by atoms with E-state index in [2.05, 4.69) is 0 Å². The maximum atomic E-state index is 8.42. The number of rotatable bonds is 0. The minimum absolute atomic E-state index is 0. The molecule has 0 N–H and O–H groups in total. The molecule has 0 atom stereocenters. The van der Waals surface area contributed by atoms with Crippen molar-refractivity contribution in [2.75, 3.05) is 0 Å². The number of hydrogen-bond donors (Lipinski definition) is 0. The summed E-state index contributed by atoms with van der Waals surface area (Å²) in [5, 5.41) is 50.5. The summed E-state index contributed by atoms with van der Waals surface area (Å²) >= 11 is 0. The largest absolute Gasteiger partial charge is 3.00 e. The zero-order valence-corrected chi connectivity index (χ0v) is 7.25. The molecule has 0 saturated heterocycles. The van der Waals surface area contributed by atoms with Crippen LogP contribution in [-0.4, -0.2) is 32.0 Å². The van der Waals surface area contributed by atoms with E-state index in [1.165, 1.54) is 0 Å². The second-order valence-corrected chi connectivity index (χ2v) is 0.577. The molecule has 0 aromatic carbocycles. The van der Waals surface area contributed by atoms with E-state index in [4.69, 9.17) is 30.1 Å². The topological polar surface area (TPSA) is 138 Å². The Hall–Kier alpha value is 1.66. The minimum Gasteiger partial charge on any atom is -0.907 e. The molecule has 0 aliphatic heterocycles. The average molecular weight is 320 g/mol. The van der Waals surface area contributed by atoms with Crippen molar-refractivity contribution < 1.29 is 67.0 Å². The summed E-state index contributed by atoms with van der Waals surface area (Å²) in [6, 6.07) is 0. The Morgan fingerprint density at radius 2 is 0.600 bits per heavy atom. The molecule has 10 heavy (non-hydrogen) atoms. The van der Waals surface area contributed by atoms with Gasteiger partial charge in [0.25, 0.3) is 0 Å². The molecule has 0 heterocycles.